The summed E-state index contributed by atoms with van der Waals surface area (Å²) < 4.78 is 4.98. The highest BCUT2D eigenvalue weighted by Gasteiger charge is 2.49. The van der Waals surface area contributed by atoms with Gasteiger partial charge >= 0.3 is 5.97 Å². The van der Waals surface area contributed by atoms with Crippen LogP contribution in [-0.4, -0.2) is 18.9 Å². The lowest BCUT2D eigenvalue weighted by Crippen LogP contribution is -2.34. The minimum absolute atomic E-state index is 0.142. The SMILES string of the molecule is CCc1cc(C)cc(CC)c1CC(=O)CC(C)(C(=O)OC)C1CC1. The van der Waals surface area contributed by atoms with Crippen molar-refractivity contribution in [2.45, 2.75) is 66.2 Å². The molecule has 1 aliphatic carbocycles. The van der Waals surface area contributed by atoms with Crippen molar-refractivity contribution in [2.24, 2.45) is 11.3 Å². The molecule has 1 aliphatic rings. The number of ether oxygens (including phenoxy) is 1. The third-order valence-electron chi connectivity index (χ3n) is 5.41. The van der Waals surface area contributed by atoms with Gasteiger partial charge in [0.1, 0.15) is 5.78 Å². The molecule has 3 heteroatoms. The maximum Gasteiger partial charge on any atom is 0.312 e. The second-order valence-corrected chi connectivity index (χ2v) is 7.34. The summed E-state index contributed by atoms with van der Waals surface area (Å²) in [5.74, 6) is 0.194. The fourth-order valence-corrected chi connectivity index (χ4v) is 3.84. The number of methoxy groups -OCH3 is 1. The van der Waals surface area contributed by atoms with Crippen molar-refractivity contribution < 1.29 is 14.3 Å². The summed E-state index contributed by atoms with van der Waals surface area (Å²) in [5.41, 5.74) is 4.27. The summed E-state index contributed by atoms with van der Waals surface area (Å²) in [6.45, 7) is 8.26. The van der Waals surface area contributed by atoms with E-state index in [9.17, 15) is 9.59 Å². The van der Waals surface area contributed by atoms with E-state index in [2.05, 4.69) is 32.9 Å². The summed E-state index contributed by atoms with van der Waals surface area (Å²) in [6, 6.07) is 4.37. The Hall–Kier alpha value is -1.64. The zero-order valence-electron chi connectivity index (χ0n) is 15.7. The number of hydrogen-bond acceptors (Lipinski definition) is 3. The first-order valence-corrected chi connectivity index (χ1v) is 9.07. The smallest absolute Gasteiger partial charge is 0.312 e. The molecule has 1 saturated carbocycles. The highest BCUT2D eigenvalue weighted by molar-refractivity contribution is 5.88. The summed E-state index contributed by atoms with van der Waals surface area (Å²) in [7, 11) is 1.41. The van der Waals surface area contributed by atoms with Gasteiger partial charge in [-0.2, -0.15) is 0 Å². The fraction of sp³-hybridized carbons (Fsp3) is 0.619. The molecule has 0 aromatic heterocycles. The van der Waals surface area contributed by atoms with Crippen LogP contribution in [0.15, 0.2) is 12.1 Å². The number of esters is 1. The lowest BCUT2D eigenvalue weighted by Gasteiger charge is -2.26. The highest BCUT2D eigenvalue weighted by Crippen LogP contribution is 2.48. The van der Waals surface area contributed by atoms with Crippen LogP contribution in [0.1, 0.15) is 62.3 Å². The quantitative estimate of drug-likeness (QED) is 0.671. The van der Waals surface area contributed by atoms with Gasteiger partial charge in [-0.1, -0.05) is 31.5 Å². The topological polar surface area (TPSA) is 43.4 Å². The lowest BCUT2D eigenvalue weighted by molar-refractivity contribution is -0.155. The molecule has 0 saturated heterocycles. The summed E-state index contributed by atoms with van der Waals surface area (Å²) in [6.07, 6.45) is 4.59. The molecule has 0 spiro atoms. The number of carbonyl (C=O) groups is 2. The molecule has 1 unspecified atom stereocenters. The van der Waals surface area contributed by atoms with Crippen molar-refractivity contribution in [1.82, 2.24) is 0 Å². The van der Waals surface area contributed by atoms with Gasteiger partial charge in [0.2, 0.25) is 0 Å². The molecule has 0 amide bonds. The number of carbonyl (C=O) groups excluding carboxylic acids is 2. The van der Waals surface area contributed by atoms with Gasteiger partial charge in [0.05, 0.1) is 12.5 Å². The van der Waals surface area contributed by atoms with Gasteiger partial charge in [0.25, 0.3) is 0 Å². The molecule has 2 rings (SSSR count). The second-order valence-electron chi connectivity index (χ2n) is 7.34. The highest BCUT2D eigenvalue weighted by atomic mass is 16.5. The van der Waals surface area contributed by atoms with Crippen LogP contribution < -0.4 is 0 Å². The van der Waals surface area contributed by atoms with E-state index in [0.29, 0.717) is 12.3 Å². The third kappa shape index (κ3) is 3.88. The Morgan fingerprint density at radius 2 is 1.71 bits per heavy atom. The molecule has 1 atom stereocenters. The number of rotatable bonds is 8. The van der Waals surface area contributed by atoms with Crippen molar-refractivity contribution in [3.63, 3.8) is 0 Å². The molecule has 24 heavy (non-hydrogen) atoms. The number of hydrogen-bond donors (Lipinski definition) is 0. The Bertz CT molecular complexity index is 603. The van der Waals surface area contributed by atoms with Crippen molar-refractivity contribution in [1.29, 1.82) is 0 Å². The predicted molar refractivity (Wildman–Crippen MR) is 96.1 cm³/mol. The molecule has 1 aromatic carbocycles. The molecule has 0 bridgehead atoms. The average molecular weight is 330 g/mol. The van der Waals surface area contributed by atoms with E-state index < -0.39 is 5.41 Å². The van der Waals surface area contributed by atoms with Crippen LogP contribution in [0, 0.1) is 18.3 Å². The van der Waals surface area contributed by atoms with Crippen molar-refractivity contribution in [3.05, 3.63) is 34.4 Å². The van der Waals surface area contributed by atoms with Gasteiger partial charge in [-0.25, -0.2) is 0 Å². The minimum atomic E-state index is -0.657. The molecule has 1 aromatic rings. The molecular formula is C21H30O3. The third-order valence-corrected chi connectivity index (χ3v) is 5.41. The van der Waals surface area contributed by atoms with E-state index in [1.165, 1.54) is 29.4 Å². The molecule has 1 fully saturated rings. The van der Waals surface area contributed by atoms with Crippen molar-refractivity contribution in [2.75, 3.05) is 7.11 Å². The van der Waals surface area contributed by atoms with Crippen LogP contribution in [0.4, 0.5) is 0 Å². The van der Waals surface area contributed by atoms with Crippen LogP contribution in [0.3, 0.4) is 0 Å². The summed E-state index contributed by atoms with van der Waals surface area (Å²) >= 11 is 0. The Labute approximate surface area is 145 Å². The van der Waals surface area contributed by atoms with Gasteiger partial charge in [0.15, 0.2) is 0 Å². The van der Waals surface area contributed by atoms with Gasteiger partial charge in [-0.3, -0.25) is 9.59 Å². The van der Waals surface area contributed by atoms with Crippen LogP contribution >= 0.6 is 0 Å². The number of Topliss-reactive ketones (excluding diaryl/α,β-unsaturated/α-hetero) is 1. The number of benzene rings is 1. The molecule has 0 N–H and O–H groups in total. The average Bonchev–Trinajstić information content (AvgIpc) is 3.40. The Morgan fingerprint density at radius 3 is 2.12 bits per heavy atom. The normalized spacial score (nSPS) is 16.5. The Kier molecular flexibility index (Phi) is 5.84. The molecule has 0 radical (unpaired) electrons. The van der Waals surface area contributed by atoms with E-state index >= 15 is 0 Å². The minimum Gasteiger partial charge on any atom is -0.469 e. The van der Waals surface area contributed by atoms with Crippen LogP contribution in [-0.2, 0) is 33.6 Å². The van der Waals surface area contributed by atoms with Crippen molar-refractivity contribution in [3.8, 4) is 0 Å². The van der Waals surface area contributed by atoms with E-state index in [1.807, 2.05) is 6.92 Å². The van der Waals surface area contributed by atoms with E-state index in [0.717, 1.165) is 25.7 Å². The Morgan fingerprint density at radius 1 is 1.17 bits per heavy atom. The van der Waals surface area contributed by atoms with Crippen LogP contribution in [0.2, 0.25) is 0 Å². The fourth-order valence-electron chi connectivity index (χ4n) is 3.84. The van der Waals surface area contributed by atoms with E-state index in [1.54, 1.807) is 0 Å². The maximum absolute atomic E-state index is 12.8. The number of aryl methyl sites for hydroxylation is 3. The van der Waals surface area contributed by atoms with Gasteiger partial charge < -0.3 is 4.74 Å². The first kappa shape index (κ1) is 18.7. The molecule has 0 heterocycles. The first-order chi connectivity index (χ1) is 11.3. The summed E-state index contributed by atoms with van der Waals surface area (Å²) in [5, 5.41) is 0. The lowest BCUT2D eigenvalue weighted by atomic mass is 9.78. The monoisotopic (exact) mass is 330 g/mol. The molecule has 3 nitrogen and oxygen atoms in total. The maximum atomic E-state index is 12.8. The number of ketones is 1. The van der Waals surface area contributed by atoms with Gasteiger partial charge in [0, 0.05) is 12.8 Å². The zero-order chi connectivity index (χ0) is 17.9. The van der Waals surface area contributed by atoms with Crippen molar-refractivity contribution >= 4 is 11.8 Å². The summed E-state index contributed by atoms with van der Waals surface area (Å²) in [4.78, 5) is 25.0. The molecular weight excluding hydrogens is 300 g/mol. The second kappa shape index (κ2) is 7.50. The molecule has 0 aliphatic heterocycles. The van der Waals surface area contributed by atoms with Crippen LogP contribution in [0.5, 0.6) is 0 Å². The first-order valence-electron chi connectivity index (χ1n) is 9.07. The van der Waals surface area contributed by atoms with Gasteiger partial charge in [-0.15, -0.1) is 0 Å². The van der Waals surface area contributed by atoms with Crippen LogP contribution in [0.25, 0.3) is 0 Å². The van der Waals surface area contributed by atoms with E-state index in [4.69, 9.17) is 4.74 Å². The Balaban J connectivity index is 2.22. The zero-order valence-corrected chi connectivity index (χ0v) is 15.7. The van der Waals surface area contributed by atoms with E-state index in [-0.39, 0.29) is 18.2 Å². The van der Waals surface area contributed by atoms with Gasteiger partial charge in [-0.05, 0) is 62.1 Å². The predicted octanol–water partition coefficient (Wildman–Crippen LogP) is 4.21. The molecule has 132 valence electrons. The standard InChI is InChI=1S/C21H30O3/c1-6-15-10-14(3)11-16(7-2)19(15)12-18(22)13-21(4,17-8-9-17)20(23)24-5/h10-11,17H,6-9,12-13H2,1-5H3. The largest absolute Gasteiger partial charge is 0.469 e.